The van der Waals surface area contributed by atoms with Gasteiger partial charge in [-0.1, -0.05) is 49.3 Å². The minimum absolute atomic E-state index is 0.0163. The molecule has 0 aromatic carbocycles. The Labute approximate surface area is 141 Å². The van der Waals surface area contributed by atoms with Gasteiger partial charge in [0.2, 0.25) is 0 Å². The summed E-state index contributed by atoms with van der Waals surface area (Å²) in [6, 6.07) is 0. The molecule has 23 heavy (non-hydrogen) atoms. The van der Waals surface area contributed by atoms with Crippen LogP contribution < -0.4 is 0 Å². The fraction of sp³-hybridized carbons (Fsp3) is 0.700. The maximum Gasteiger partial charge on any atom is 0.0760 e. The molecule has 132 valence electrons. The Morgan fingerprint density at radius 2 is 2.00 bits per heavy atom. The molecule has 0 amide bonds. The van der Waals surface area contributed by atoms with Gasteiger partial charge in [-0.05, 0) is 57.3 Å². The Morgan fingerprint density at radius 3 is 2.61 bits per heavy atom. The van der Waals surface area contributed by atoms with Gasteiger partial charge >= 0.3 is 0 Å². The van der Waals surface area contributed by atoms with Crippen molar-refractivity contribution in [3.8, 4) is 0 Å². The number of hydrogen-bond acceptors (Lipinski definition) is 3. The van der Waals surface area contributed by atoms with Crippen LogP contribution in [0.3, 0.4) is 0 Å². The predicted molar refractivity (Wildman–Crippen MR) is 96.1 cm³/mol. The first-order valence-corrected chi connectivity index (χ1v) is 8.66. The molecule has 0 aromatic rings. The van der Waals surface area contributed by atoms with E-state index in [1.165, 1.54) is 5.57 Å². The zero-order valence-corrected chi connectivity index (χ0v) is 15.2. The van der Waals surface area contributed by atoms with Gasteiger partial charge < -0.3 is 15.3 Å². The Morgan fingerprint density at radius 1 is 1.35 bits per heavy atom. The van der Waals surface area contributed by atoms with Crippen molar-refractivity contribution in [2.75, 3.05) is 6.61 Å². The highest BCUT2D eigenvalue weighted by molar-refractivity contribution is 5.14. The Balaban J connectivity index is 2.60. The van der Waals surface area contributed by atoms with E-state index in [1.54, 1.807) is 6.08 Å². The number of aliphatic hydroxyl groups is 3. The molecular formula is C20H34O3. The quantitative estimate of drug-likeness (QED) is 0.626. The molecule has 3 heteroatoms. The predicted octanol–water partition coefficient (Wildman–Crippen LogP) is 3.76. The SMILES string of the molecule is C=C1CCC(O)C(C)(C)C1CCC(C)=CC(O)CC(C)=CCO. The molecule has 0 heterocycles. The van der Waals surface area contributed by atoms with Crippen molar-refractivity contribution in [3.05, 3.63) is 35.5 Å². The Kier molecular flexibility index (Phi) is 7.72. The molecule has 1 rings (SSSR count). The van der Waals surface area contributed by atoms with Gasteiger partial charge in [-0.15, -0.1) is 0 Å². The van der Waals surface area contributed by atoms with E-state index in [-0.39, 0.29) is 18.1 Å². The third-order valence-corrected chi connectivity index (χ3v) is 5.26. The lowest BCUT2D eigenvalue weighted by Gasteiger charge is -2.44. The van der Waals surface area contributed by atoms with E-state index >= 15 is 0 Å². The molecule has 3 N–H and O–H groups in total. The molecule has 0 aromatic heterocycles. The summed E-state index contributed by atoms with van der Waals surface area (Å²) in [5.41, 5.74) is 3.27. The van der Waals surface area contributed by atoms with Gasteiger partial charge in [0, 0.05) is 0 Å². The minimum atomic E-state index is -0.508. The van der Waals surface area contributed by atoms with Crippen LogP contribution in [0.5, 0.6) is 0 Å². The fourth-order valence-electron chi connectivity index (χ4n) is 3.61. The van der Waals surface area contributed by atoms with Crippen molar-refractivity contribution in [1.82, 2.24) is 0 Å². The summed E-state index contributed by atoms with van der Waals surface area (Å²) in [6.07, 6.45) is 7.00. The normalized spacial score (nSPS) is 27.2. The lowest BCUT2D eigenvalue weighted by molar-refractivity contribution is -0.00882. The summed E-state index contributed by atoms with van der Waals surface area (Å²) in [5.74, 6) is 0.322. The molecule has 3 unspecified atom stereocenters. The highest BCUT2D eigenvalue weighted by atomic mass is 16.3. The molecule has 1 aliphatic rings. The summed E-state index contributed by atoms with van der Waals surface area (Å²) in [5, 5.41) is 29.2. The molecule has 3 atom stereocenters. The summed E-state index contributed by atoms with van der Waals surface area (Å²) < 4.78 is 0. The number of rotatable bonds is 7. The summed E-state index contributed by atoms with van der Waals surface area (Å²) >= 11 is 0. The average Bonchev–Trinajstić information content (AvgIpc) is 2.43. The third kappa shape index (κ3) is 5.91. The first kappa shape index (κ1) is 20.1. The highest BCUT2D eigenvalue weighted by Crippen LogP contribution is 2.45. The van der Waals surface area contributed by atoms with Gasteiger partial charge in [-0.3, -0.25) is 0 Å². The van der Waals surface area contributed by atoms with E-state index in [0.717, 1.165) is 36.8 Å². The zero-order valence-electron chi connectivity index (χ0n) is 15.2. The topological polar surface area (TPSA) is 60.7 Å². The van der Waals surface area contributed by atoms with Crippen molar-refractivity contribution in [3.63, 3.8) is 0 Å². The summed E-state index contributed by atoms with van der Waals surface area (Å²) in [6.45, 7) is 12.4. The standard InChI is InChI=1S/C20H34O3/c1-14(12-17(22)13-15(2)10-11-21)6-8-18-16(3)7-9-19(23)20(18,4)5/h10,12,17-19,21-23H,3,6-9,11,13H2,1-2,4-5H3. The monoisotopic (exact) mass is 322 g/mol. The van der Waals surface area contributed by atoms with Crippen LogP contribution in [0, 0.1) is 11.3 Å². The number of hydrogen-bond donors (Lipinski definition) is 3. The van der Waals surface area contributed by atoms with E-state index in [0.29, 0.717) is 12.3 Å². The van der Waals surface area contributed by atoms with Gasteiger partial charge in [0.05, 0.1) is 18.8 Å². The molecule has 0 bridgehead atoms. The molecule has 0 radical (unpaired) electrons. The van der Waals surface area contributed by atoms with Crippen LogP contribution in [0.15, 0.2) is 35.5 Å². The molecule has 1 aliphatic carbocycles. The van der Waals surface area contributed by atoms with Gasteiger partial charge in [0.15, 0.2) is 0 Å². The maximum absolute atomic E-state index is 10.3. The van der Waals surface area contributed by atoms with Crippen LogP contribution in [-0.4, -0.2) is 34.1 Å². The lowest BCUT2D eigenvalue weighted by atomic mass is 9.63. The largest absolute Gasteiger partial charge is 0.393 e. The van der Waals surface area contributed by atoms with Crippen LogP contribution in [0.4, 0.5) is 0 Å². The minimum Gasteiger partial charge on any atom is -0.393 e. The Hall–Kier alpha value is -0.900. The molecule has 1 fully saturated rings. The van der Waals surface area contributed by atoms with Crippen molar-refractivity contribution in [2.24, 2.45) is 11.3 Å². The van der Waals surface area contributed by atoms with Gasteiger partial charge in [-0.2, -0.15) is 0 Å². The first-order valence-electron chi connectivity index (χ1n) is 8.66. The summed E-state index contributed by atoms with van der Waals surface area (Å²) in [7, 11) is 0. The summed E-state index contributed by atoms with van der Waals surface area (Å²) in [4.78, 5) is 0. The van der Waals surface area contributed by atoms with Crippen molar-refractivity contribution in [2.45, 2.75) is 72.0 Å². The van der Waals surface area contributed by atoms with E-state index in [4.69, 9.17) is 5.11 Å². The number of aliphatic hydroxyl groups excluding tert-OH is 3. The molecular weight excluding hydrogens is 288 g/mol. The average molecular weight is 322 g/mol. The maximum atomic E-state index is 10.3. The van der Waals surface area contributed by atoms with E-state index in [1.807, 2.05) is 19.9 Å². The second-order valence-electron chi connectivity index (χ2n) is 7.64. The van der Waals surface area contributed by atoms with Gasteiger partial charge in [0.25, 0.3) is 0 Å². The van der Waals surface area contributed by atoms with Crippen LogP contribution >= 0.6 is 0 Å². The van der Waals surface area contributed by atoms with Crippen LogP contribution in [0.1, 0.15) is 59.8 Å². The van der Waals surface area contributed by atoms with E-state index < -0.39 is 6.10 Å². The molecule has 0 spiro atoms. The smallest absolute Gasteiger partial charge is 0.0760 e. The lowest BCUT2D eigenvalue weighted by Crippen LogP contribution is -2.41. The molecule has 0 saturated heterocycles. The third-order valence-electron chi connectivity index (χ3n) is 5.26. The van der Waals surface area contributed by atoms with Crippen molar-refractivity contribution >= 4 is 0 Å². The molecule has 0 aliphatic heterocycles. The highest BCUT2D eigenvalue weighted by Gasteiger charge is 2.40. The number of allylic oxidation sites excluding steroid dienone is 2. The van der Waals surface area contributed by atoms with E-state index in [2.05, 4.69) is 20.4 Å². The van der Waals surface area contributed by atoms with Gasteiger partial charge in [-0.25, -0.2) is 0 Å². The molecule has 3 nitrogen and oxygen atoms in total. The van der Waals surface area contributed by atoms with E-state index in [9.17, 15) is 10.2 Å². The Bertz CT molecular complexity index is 460. The fourth-order valence-corrected chi connectivity index (χ4v) is 3.61. The van der Waals surface area contributed by atoms with Crippen LogP contribution in [0.2, 0.25) is 0 Å². The van der Waals surface area contributed by atoms with Crippen molar-refractivity contribution < 1.29 is 15.3 Å². The van der Waals surface area contributed by atoms with Crippen LogP contribution in [-0.2, 0) is 0 Å². The second-order valence-corrected chi connectivity index (χ2v) is 7.64. The van der Waals surface area contributed by atoms with Crippen molar-refractivity contribution in [1.29, 1.82) is 0 Å². The van der Waals surface area contributed by atoms with Crippen LogP contribution in [0.25, 0.3) is 0 Å². The zero-order chi connectivity index (χ0) is 17.6. The first-order chi connectivity index (χ1) is 10.7. The molecule has 1 saturated carbocycles. The van der Waals surface area contributed by atoms with Gasteiger partial charge in [0.1, 0.15) is 0 Å². The second kappa shape index (κ2) is 8.81.